The Kier molecular flexibility index (Phi) is 7.52. The van der Waals surface area contributed by atoms with E-state index in [1.807, 2.05) is 0 Å². The predicted molar refractivity (Wildman–Crippen MR) is 100 cm³/mol. The van der Waals surface area contributed by atoms with Gasteiger partial charge in [-0.25, -0.2) is 8.78 Å². The zero-order valence-electron chi connectivity index (χ0n) is 15.5. The highest BCUT2D eigenvalue weighted by atomic mass is 19.1. The van der Waals surface area contributed by atoms with Gasteiger partial charge in [0.1, 0.15) is 11.7 Å². The summed E-state index contributed by atoms with van der Waals surface area (Å²) in [5, 5.41) is 8.78. The highest BCUT2D eigenvalue weighted by Crippen LogP contribution is 2.20. The largest absolute Gasteiger partial charge is 0.394 e. The van der Waals surface area contributed by atoms with E-state index in [2.05, 4.69) is 28.9 Å². The molecule has 0 saturated carbocycles. The number of halogens is 2. The van der Waals surface area contributed by atoms with E-state index in [1.165, 1.54) is 19.1 Å². The number of nitrogens with two attached hydrogens (primary N) is 2. The van der Waals surface area contributed by atoms with Gasteiger partial charge >= 0.3 is 0 Å². The second-order valence-corrected chi connectivity index (χ2v) is 5.75. The van der Waals surface area contributed by atoms with E-state index >= 15 is 0 Å². The third-order valence-electron chi connectivity index (χ3n) is 3.53. The molecule has 1 aromatic rings. The van der Waals surface area contributed by atoms with E-state index in [1.54, 1.807) is 13.8 Å². The molecule has 1 rings (SSSR count). The second-order valence-electron chi connectivity index (χ2n) is 5.75. The Hall–Kier alpha value is -3.36. The maximum absolute atomic E-state index is 13.8. The van der Waals surface area contributed by atoms with Crippen molar-refractivity contribution in [3.8, 4) is 0 Å². The van der Waals surface area contributed by atoms with Crippen LogP contribution >= 0.6 is 0 Å². The van der Waals surface area contributed by atoms with E-state index in [9.17, 15) is 13.6 Å². The quantitative estimate of drug-likeness (QED) is 0.407. The first-order chi connectivity index (χ1) is 12.5. The Morgan fingerprint density at radius 1 is 1.26 bits per heavy atom. The number of carbonyl (C=O) groups is 1. The van der Waals surface area contributed by atoms with Gasteiger partial charge in [0.2, 0.25) is 5.88 Å². The van der Waals surface area contributed by atoms with Crippen molar-refractivity contribution in [3.63, 3.8) is 0 Å². The average Bonchev–Trinajstić information content (AvgIpc) is 2.91. The number of anilines is 1. The zero-order valence-corrected chi connectivity index (χ0v) is 15.5. The summed E-state index contributed by atoms with van der Waals surface area (Å²) < 4.78 is 32.2. The standard InChI is InChI=1S/C18H23F2N5O2/c1-9(2)16(20)13(11(4)19)8-23-15(22)7-6-14(21)17(26)24-18-10(3)12(5)25-27-18/h6-7,23H,1,4,8,21-22H2,2-3,5H3,(H,24,26)/b14-6-,15-7+,16-13+. The van der Waals surface area contributed by atoms with Crippen LogP contribution in [0.1, 0.15) is 18.2 Å². The Labute approximate surface area is 156 Å². The third kappa shape index (κ3) is 6.14. The number of nitrogens with zero attached hydrogens (tertiary/aromatic N) is 1. The van der Waals surface area contributed by atoms with Crippen molar-refractivity contribution < 1.29 is 18.1 Å². The molecule has 0 saturated heterocycles. The molecular formula is C18H23F2N5O2. The van der Waals surface area contributed by atoms with Gasteiger partial charge in [-0.3, -0.25) is 10.1 Å². The number of rotatable bonds is 8. The molecule has 7 nitrogen and oxygen atoms in total. The van der Waals surface area contributed by atoms with Crippen LogP contribution in [-0.4, -0.2) is 17.6 Å². The molecule has 0 fully saturated rings. The van der Waals surface area contributed by atoms with Gasteiger partial charge in [0.15, 0.2) is 0 Å². The lowest BCUT2D eigenvalue weighted by Gasteiger charge is -2.10. The van der Waals surface area contributed by atoms with E-state index in [0.717, 1.165) is 0 Å². The van der Waals surface area contributed by atoms with Crippen molar-refractivity contribution in [1.82, 2.24) is 10.5 Å². The molecule has 0 radical (unpaired) electrons. The minimum Gasteiger partial charge on any atom is -0.394 e. The summed E-state index contributed by atoms with van der Waals surface area (Å²) in [6, 6.07) is 0. The first-order valence-electron chi connectivity index (χ1n) is 7.84. The summed E-state index contributed by atoms with van der Waals surface area (Å²) in [6.45, 7) is 11.1. The van der Waals surface area contributed by atoms with Gasteiger partial charge in [0.25, 0.3) is 5.91 Å². The smallest absolute Gasteiger partial charge is 0.273 e. The van der Waals surface area contributed by atoms with Gasteiger partial charge in [0, 0.05) is 17.7 Å². The fraction of sp³-hybridized carbons (Fsp3) is 0.222. The summed E-state index contributed by atoms with van der Waals surface area (Å²) in [5.41, 5.74) is 12.3. The summed E-state index contributed by atoms with van der Waals surface area (Å²) >= 11 is 0. The number of aryl methyl sites for hydroxylation is 1. The Balaban J connectivity index is 2.77. The summed E-state index contributed by atoms with van der Waals surface area (Å²) in [6.07, 6.45) is 2.52. The monoisotopic (exact) mass is 379 g/mol. The molecule has 0 aromatic carbocycles. The molecule has 0 aliphatic heterocycles. The van der Waals surface area contributed by atoms with Gasteiger partial charge in [-0.1, -0.05) is 18.3 Å². The molecule has 27 heavy (non-hydrogen) atoms. The van der Waals surface area contributed by atoms with Gasteiger partial charge in [-0.2, -0.15) is 0 Å². The molecule has 0 bridgehead atoms. The molecule has 6 N–H and O–H groups in total. The number of carbonyl (C=O) groups excluding carboxylic acids is 1. The lowest BCUT2D eigenvalue weighted by atomic mass is 10.1. The second kappa shape index (κ2) is 9.37. The molecule has 0 unspecified atom stereocenters. The van der Waals surface area contributed by atoms with Crippen LogP contribution < -0.4 is 22.1 Å². The fourth-order valence-electron chi connectivity index (χ4n) is 1.76. The molecule has 0 atom stereocenters. The van der Waals surface area contributed by atoms with E-state index in [-0.39, 0.29) is 35.1 Å². The van der Waals surface area contributed by atoms with Crippen LogP contribution in [0, 0.1) is 13.8 Å². The topological polar surface area (TPSA) is 119 Å². The predicted octanol–water partition coefficient (Wildman–Crippen LogP) is 2.75. The maximum atomic E-state index is 13.8. The van der Waals surface area contributed by atoms with Crippen molar-refractivity contribution in [2.24, 2.45) is 11.5 Å². The van der Waals surface area contributed by atoms with Crippen molar-refractivity contribution in [2.75, 3.05) is 11.9 Å². The molecule has 0 aliphatic rings. The zero-order chi connectivity index (χ0) is 20.7. The van der Waals surface area contributed by atoms with E-state index in [0.29, 0.717) is 11.3 Å². The van der Waals surface area contributed by atoms with Gasteiger partial charge in [-0.05, 0) is 38.5 Å². The molecule has 146 valence electrons. The van der Waals surface area contributed by atoms with E-state index in [4.69, 9.17) is 16.0 Å². The highest BCUT2D eigenvalue weighted by molar-refractivity contribution is 6.02. The van der Waals surface area contributed by atoms with Gasteiger partial charge < -0.3 is 21.3 Å². The van der Waals surface area contributed by atoms with Crippen molar-refractivity contribution in [3.05, 3.63) is 70.9 Å². The van der Waals surface area contributed by atoms with Crippen LogP contribution in [0.4, 0.5) is 14.7 Å². The van der Waals surface area contributed by atoms with Crippen molar-refractivity contribution in [1.29, 1.82) is 0 Å². The SMILES string of the molecule is C=C(C)/C(F)=C(/CN/C(N)=C/C=C(\N)C(=O)Nc1onc(C)c1C)C(=C)F. The summed E-state index contributed by atoms with van der Waals surface area (Å²) in [5.74, 6) is -2.15. The number of amides is 1. The van der Waals surface area contributed by atoms with Crippen molar-refractivity contribution in [2.45, 2.75) is 20.8 Å². The fourth-order valence-corrected chi connectivity index (χ4v) is 1.76. The van der Waals surface area contributed by atoms with E-state index < -0.39 is 17.6 Å². The van der Waals surface area contributed by atoms with Crippen LogP contribution in [0.5, 0.6) is 0 Å². The molecule has 1 heterocycles. The first-order valence-corrected chi connectivity index (χ1v) is 7.84. The van der Waals surface area contributed by atoms with Crippen LogP contribution in [0.25, 0.3) is 0 Å². The number of hydrogen-bond donors (Lipinski definition) is 4. The summed E-state index contributed by atoms with van der Waals surface area (Å²) in [7, 11) is 0. The molecular weight excluding hydrogens is 356 g/mol. The van der Waals surface area contributed by atoms with Gasteiger partial charge in [0.05, 0.1) is 17.2 Å². The molecule has 0 spiro atoms. The number of allylic oxidation sites excluding steroid dienone is 4. The molecule has 9 heteroatoms. The normalized spacial score (nSPS) is 13.1. The number of hydrogen-bond acceptors (Lipinski definition) is 6. The number of aromatic nitrogens is 1. The minimum absolute atomic E-state index is 0.0331. The summed E-state index contributed by atoms with van der Waals surface area (Å²) in [4.78, 5) is 12.0. The average molecular weight is 379 g/mol. The first kappa shape index (κ1) is 21.7. The Bertz CT molecular complexity index is 850. The highest BCUT2D eigenvalue weighted by Gasteiger charge is 2.13. The molecule has 0 aliphatic carbocycles. The Morgan fingerprint density at radius 2 is 1.89 bits per heavy atom. The van der Waals surface area contributed by atoms with Crippen molar-refractivity contribution >= 4 is 11.8 Å². The van der Waals surface area contributed by atoms with Crippen LogP contribution in [-0.2, 0) is 4.79 Å². The third-order valence-corrected chi connectivity index (χ3v) is 3.53. The number of nitrogens with one attached hydrogen (secondary N) is 2. The Morgan fingerprint density at radius 3 is 2.37 bits per heavy atom. The van der Waals surface area contributed by atoms with Crippen LogP contribution in [0.2, 0.25) is 0 Å². The lowest BCUT2D eigenvalue weighted by molar-refractivity contribution is -0.113. The van der Waals surface area contributed by atoms with Crippen LogP contribution in [0.3, 0.4) is 0 Å². The molecule has 1 aromatic heterocycles. The minimum atomic E-state index is -0.942. The lowest BCUT2D eigenvalue weighted by Crippen LogP contribution is -2.24. The van der Waals surface area contributed by atoms with Crippen LogP contribution in [0.15, 0.2) is 64.2 Å². The van der Waals surface area contributed by atoms with Gasteiger partial charge in [-0.15, -0.1) is 0 Å². The maximum Gasteiger partial charge on any atom is 0.273 e. The molecule has 1 amide bonds.